The predicted octanol–water partition coefficient (Wildman–Crippen LogP) is 0.302. The van der Waals surface area contributed by atoms with Gasteiger partial charge in [-0.15, -0.1) is 0 Å². The van der Waals surface area contributed by atoms with Gasteiger partial charge in [0.15, 0.2) is 0 Å². The van der Waals surface area contributed by atoms with E-state index in [9.17, 15) is 19.8 Å². The molecule has 0 spiro atoms. The number of nitrogens with zero attached hydrogens (tertiary/aromatic N) is 1. The summed E-state index contributed by atoms with van der Waals surface area (Å²) in [5.41, 5.74) is -0.360. The van der Waals surface area contributed by atoms with Gasteiger partial charge in [0, 0.05) is 11.8 Å². The second-order valence-corrected chi connectivity index (χ2v) is 3.88. The zero-order valence-electron chi connectivity index (χ0n) is 8.95. The van der Waals surface area contributed by atoms with Gasteiger partial charge in [0.1, 0.15) is 11.3 Å². The molecule has 1 rings (SSSR count). The second-order valence-electron chi connectivity index (χ2n) is 3.52. The van der Waals surface area contributed by atoms with E-state index in [1.807, 2.05) is 0 Å². The van der Waals surface area contributed by atoms with E-state index in [0.717, 1.165) is 12.3 Å². The number of carbonyl (C=O) groups is 2. The van der Waals surface area contributed by atoms with Gasteiger partial charge in [-0.3, -0.25) is 4.79 Å². The fraction of sp³-hybridized carbons (Fsp3) is 0.300. The van der Waals surface area contributed by atoms with Crippen LogP contribution < -0.4 is 0 Å². The predicted molar refractivity (Wildman–Crippen MR) is 59.4 cm³/mol. The number of aromatic nitrogens is 1. The summed E-state index contributed by atoms with van der Waals surface area (Å²) in [7, 11) is 0. The summed E-state index contributed by atoms with van der Waals surface area (Å²) in [6, 6.07) is 1.04. The van der Waals surface area contributed by atoms with Gasteiger partial charge in [-0.25, -0.2) is 9.78 Å². The highest BCUT2D eigenvalue weighted by Crippen LogP contribution is 2.22. The molecule has 7 nitrogen and oxygen atoms in total. The minimum atomic E-state index is -1.56. The largest absolute Gasteiger partial charge is 0.481 e. The van der Waals surface area contributed by atoms with Crippen LogP contribution in [0.4, 0.5) is 0 Å². The molecule has 98 valence electrons. The second kappa shape index (κ2) is 5.76. The Morgan fingerprint density at radius 1 is 1.33 bits per heavy atom. The summed E-state index contributed by atoms with van der Waals surface area (Å²) >= 11 is 5.53. The van der Waals surface area contributed by atoms with E-state index in [0.29, 0.717) is 0 Å². The molecule has 0 aromatic carbocycles. The van der Waals surface area contributed by atoms with Crippen molar-refractivity contribution in [3.8, 4) is 0 Å². The first-order valence-electron chi connectivity index (χ1n) is 4.79. The van der Waals surface area contributed by atoms with Crippen LogP contribution in [0.2, 0.25) is 5.15 Å². The van der Waals surface area contributed by atoms with Crippen molar-refractivity contribution in [1.82, 2.24) is 4.98 Å². The maximum atomic E-state index is 10.8. The Morgan fingerprint density at radius 3 is 2.44 bits per heavy atom. The molecular weight excluding hydrogens is 266 g/mol. The normalized spacial score (nSPS) is 13.9. The van der Waals surface area contributed by atoms with E-state index in [4.69, 9.17) is 21.8 Å². The van der Waals surface area contributed by atoms with E-state index >= 15 is 0 Å². The zero-order chi connectivity index (χ0) is 13.9. The molecule has 2 atom stereocenters. The summed E-state index contributed by atoms with van der Waals surface area (Å²) in [6.45, 7) is 0. The number of hydrogen-bond acceptors (Lipinski definition) is 5. The number of carboxylic acids is 2. The lowest BCUT2D eigenvalue weighted by Crippen LogP contribution is -2.22. The van der Waals surface area contributed by atoms with E-state index in [2.05, 4.69) is 4.98 Å². The number of carboxylic acid groups (broad SMARTS) is 2. The third-order valence-electron chi connectivity index (χ3n) is 2.18. The van der Waals surface area contributed by atoms with Gasteiger partial charge >= 0.3 is 11.9 Å². The molecule has 0 saturated heterocycles. The lowest BCUT2D eigenvalue weighted by molar-refractivity contribution is -0.141. The molecule has 2 unspecified atom stereocenters. The summed E-state index contributed by atoms with van der Waals surface area (Å²) in [6.07, 6.45) is -2.72. The third-order valence-corrected chi connectivity index (χ3v) is 2.48. The van der Waals surface area contributed by atoms with E-state index in [1.54, 1.807) is 0 Å². The maximum Gasteiger partial charge on any atom is 0.338 e. The molecule has 0 aliphatic rings. The van der Waals surface area contributed by atoms with Gasteiger partial charge in [-0.2, -0.15) is 0 Å². The smallest absolute Gasteiger partial charge is 0.338 e. The quantitative estimate of drug-likeness (QED) is 0.569. The van der Waals surface area contributed by atoms with Crippen molar-refractivity contribution in [2.45, 2.75) is 18.6 Å². The molecule has 18 heavy (non-hydrogen) atoms. The number of aromatic carboxylic acids is 1. The Labute approximate surface area is 106 Å². The number of hydrogen-bond donors (Lipinski definition) is 4. The van der Waals surface area contributed by atoms with Crippen LogP contribution in [0.15, 0.2) is 12.3 Å². The molecule has 0 bridgehead atoms. The fourth-order valence-corrected chi connectivity index (χ4v) is 1.47. The first-order chi connectivity index (χ1) is 8.32. The van der Waals surface area contributed by atoms with Crippen LogP contribution in [-0.2, 0) is 4.79 Å². The maximum absolute atomic E-state index is 10.8. The monoisotopic (exact) mass is 275 g/mol. The first-order valence-corrected chi connectivity index (χ1v) is 5.17. The van der Waals surface area contributed by atoms with Gasteiger partial charge in [-0.1, -0.05) is 11.6 Å². The number of halogens is 1. The van der Waals surface area contributed by atoms with Gasteiger partial charge in [0.05, 0.1) is 18.1 Å². The topological polar surface area (TPSA) is 128 Å². The molecule has 0 aliphatic carbocycles. The molecule has 1 aromatic heterocycles. The number of rotatable bonds is 5. The SMILES string of the molecule is O=C(O)CC(O)C(O)c1cnc(Cl)c(C(=O)O)c1. The highest BCUT2D eigenvalue weighted by Gasteiger charge is 2.23. The van der Waals surface area contributed by atoms with Gasteiger partial charge in [0.25, 0.3) is 0 Å². The van der Waals surface area contributed by atoms with Crippen molar-refractivity contribution in [1.29, 1.82) is 0 Å². The molecular formula is C10H10ClNO6. The third kappa shape index (κ3) is 3.39. The first kappa shape index (κ1) is 14.4. The average molecular weight is 276 g/mol. The molecule has 0 aliphatic heterocycles. The Bertz CT molecular complexity index is 477. The number of aliphatic hydroxyl groups is 2. The molecule has 1 heterocycles. The minimum Gasteiger partial charge on any atom is -0.481 e. The molecule has 0 amide bonds. The summed E-state index contributed by atoms with van der Waals surface area (Å²) in [5, 5.41) is 36.0. The van der Waals surface area contributed by atoms with Gasteiger partial charge in [0.2, 0.25) is 0 Å². The van der Waals surface area contributed by atoms with Crippen molar-refractivity contribution in [3.63, 3.8) is 0 Å². The van der Waals surface area contributed by atoms with Crippen LogP contribution in [0.1, 0.15) is 28.4 Å². The van der Waals surface area contributed by atoms with Crippen LogP contribution in [0.5, 0.6) is 0 Å². The minimum absolute atomic E-state index is 0.0226. The van der Waals surface area contributed by atoms with Crippen LogP contribution in [0, 0.1) is 0 Å². The van der Waals surface area contributed by atoms with Gasteiger partial charge in [-0.05, 0) is 6.07 Å². The van der Waals surface area contributed by atoms with Crippen LogP contribution in [0.3, 0.4) is 0 Å². The molecule has 0 saturated carbocycles. The van der Waals surface area contributed by atoms with Crippen molar-refractivity contribution in [2.75, 3.05) is 0 Å². The van der Waals surface area contributed by atoms with E-state index < -0.39 is 30.6 Å². The van der Waals surface area contributed by atoms with Crippen LogP contribution in [0.25, 0.3) is 0 Å². The van der Waals surface area contributed by atoms with Crippen molar-refractivity contribution >= 4 is 23.5 Å². The van der Waals surface area contributed by atoms with Crippen LogP contribution >= 0.6 is 11.6 Å². The highest BCUT2D eigenvalue weighted by atomic mass is 35.5. The van der Waals surface area contributed by atoms with E-state index in [1.165, 1.54) is 0 Å². The molecule has 4 N–H and O–H groups in total. The zero-order valence-corrected chi connectivity index (χ0v) is 9.70. The highest BCUT2D eigenvalue weighted by molar-refractivity contribution is 6.32. The number of pyridine rings is 1. The van der Waals surface area contributed by atoms with E-state index in [-0.39, 0.29) is 16.3 Å². The fourth-order valence-electron chi connectivity index (χ4n) is 1.29. The van der Waals surface area contributed by atoms with Crippen molar-refractivity contribution in [2.24, 2.45) is 0 Å². The lowest BCUT2D eigenvalue weighted by Gasteiger charge is -2.16. The van der Waals surface area contributed by atoms with Crippen molar-refractivity contribution < 1.29 is 30.0 Å². The Kier molecular flexibility index (Phi) is 4.60. The Balaban J connectivity index is 2.99. The molecule has 1 aromatic rings. The summed E-state index contributed by atoms with van der Waals surface area (Å²) in [4.78, 5) is 24.7. The molecule has 0 fully saturated rings. The molecule has 8 heteroatoms. The summed E-state index contributed by atoms with van der Waals surface area (Å²) < 4.78 is 0. The van der Waals surface area contributed by atoms with Crippen molar-refractivity contribution in [3.05, 3.63) is 28.5 Å². The standard InChI is InChI=1S/C10H10ClNO6/c11-9-5(10(17)18)1-4(3-12-9)8(16)6(13)2-7(14)15/h1,3,6,8,13,16H,2H2,(H,14,15)(H,17,18). The molecule has 0 radical (unpaired) electrons. The van der Waals surface area contributed by atoms with Gasteiger partial charge < -0.3 is 20.4 Å². The number of aliphatic hydroxyl groups excluding tert-OH is 2. The lowest BCUT2D eigenvalue weighted by atomic mass is 10.0. The Hall–Kier alpha value is -1.70. The van der Waals surface area contributed by atoms with Crippen LogP contribution in [-0.4, -0.2) is 43.5 Å². The average Bonchev–Trinajstić information content (AvgIpc) is 2.27. The number of aliphatic carboxylic acids is 1. The Morgan fingerprint density at radius 2 is 1.94 bits per heavy atom. The summed E-state index contributed by atoms with van der Waals surface area (Å²) in [5.74, 6) is -2.63.